The van der Waals surface area contributed by atoms with Crippen LogP contribution in [0, 0.1) is 17.3 Å². The predicted molar refractivity (Wildman–Crippen MR) is 68.2 cm³/mol. The van der Waals surface area contributed by atoms with E-state index >= 15 is 0 Å². The molecule has 2 aliphatic rings. The largest absolute Gasteiger partial charge is 0.481 e. The first-order valence-electron chi connectivity index (χ1n) is 6.39. The Bertz CT molecular complexity index is 510. The second-order valence-electron chi connectivity index (χ2n) is 5.95. The van der Waals surface area contributed by atoms with Crippen LogP contribution in [0.1, 0.15) is 20.3 Å². The molecule has 1 saturated carbocycles. The molecular formula is C12H19NO5S. The van der Waals surface area contributed by atoms with Crippen LogP contribution in [-0.4, -0.2) is 54.9 Å². The molecule has 2 atom stereocenters. The Morgan fingerprint density at radius 3 is 2.32 bits per heavy atom. The highest BCUT2D eigenvalue weighted by molar-refractivity contribution is 7.91. The molecule has 0 bridgehead atoms. The lowest BCUT2D eigenvalue weighted by molar-refractivity contribution is -0.142. The maximum absolute atomic E-state index is 12.3. The molecule has 1 N–H and O–H groups in total. The number of rotatable bonds is 2. The summed E-state index contributed by atoms with van der Waals surface area (Å²) >= 11 is 0. The summed E-state index contributed by atoms with van der Waals surface area (Å²) in [6.07, 6.45) is 0.430. The lowest BCUT2D eigenvalue weighted by atomic mass is 10.1. The fourth-order valence-corrected chi connectivity index (χ4v) is 4.19. The van der Waals surface area contributed by atoms with Gasteiger partial charge in [0.2, 0.25) is 5.91 Å². The number of hydrogen-bond acceptors (Lipinski definition) is 4. The Hall–Kier alpha value is -1.11. The van der Waals surface area contributed by atoms with Gasteiger partial charge >= 0.3 is 5.97 Å². The van der Waals surface area contributed by atoms with Crippen LogP contribution < -0.4 is 0 Å². The maximum Gasteiger partial charge on any atom is 0.307 e. The molecule has 0 spiro atoms. The number of nitrogens with zero attached hydrogens (tertiary/aromatic N) is 1. The molecule has 1 aliphatic heterocycles. The van der Waals surface area contributed by atoms with Gasteiger partial charge in [0, 0.05) is 13.1 Å². The Kier molecular flexibility index (Phi) is 3.36. The number of carboxylic acid groups (broad SMARTS) is 1. The first-order valence-corrected chi connectivity index (χ1v) is 8.21. The zero-order chi connectivity index (χ0) is 14.4. The molecule has 6 nitrogen and oxygen atoms in total. The van der Waals surface area contributed by atoms with E-state index < -0.39 is 33.1 Å². The van der Waals surface area contributed by atoms with Gasteiger partial charge in [0.1, 0.15) is 0 Å². The second kappa shape index (κ2) is 4.47. The Morgan fingerprint density at radius 1 is 1.16 bits per heavy atom. The van der Waals surface area contributed by atoms with E-state index in [0.29, 0.717) is 13.0 Å². The topological polar surface area (TPSA) is 91.8 Å². The molecule has 19 heavy (non-hydrogen) atoms. The number of sulfone groups is 1. The van der Waals surface area contributed by atoms with Crippen LogP contribution in [0.3, 0.4) is 0 Å². The van der Waals surface area contributed by atoms with Gasteiger partial charge in [0.25, 0.3) is 0 Å². The van der Waals surface area contributed by atoms with Crippen molar-refractivity contribution >= 4 is 21.7 Å². The third-order valence-electron chi connectivity index (χ3n) is 4.23. The lowest BCUT2D eigenvalue weighted by Crippen LogP contribution is -2.36. The van der Waals surface area contributed by atoms with Gasteiger partial charge in [-0.2, -0.15) is 0 Å². The smallest absolute Gasteiger partial charge is 0.307 e. The summed E-state index contributed by atoms with van der Waals surface area (Å²) in [6, 6.07) is 0. The lowest BCUT2D eigenvalue weighted by Gasteiger charge is -2.20. The summed E-state index contributed by atoms with van der Waals surface area (Å²) in [5.74, 6) is -2.26. The average Bonchev–Trinajstić information content (AvgIpc) is 2.89. The first kappa shape index (κ1) is 14.3. The van der Waals surface area contributed by atoms with Crippen molar-refractivity contribution in [2.45, 2.75) is 20.3 Å². The molecule has 2 fully saturated rings. The average molecular weight is 289 g/mol. The minimum Gasteiger partial charge on any atom is -0.481 e. The highest BCUT2D eigenvalue weighted by Gasteiger charge is 2.66. The van der Waals surface area contributed by atoms with E-state index in [1.807, 2.05) is 0 Å². The molecule has 1 heterocycles. The summed E-state index contributed by atoms with van der Waals surface area (Å²) < 4.78 is 23.0. The molecule has 2 unspecified atom stereocenters. The molecule has 2 rings (SSSR count). The summed E-state index contributed by atoms with van der Waals surface area (Å²) in [7, 11) is -3.06. The van der Waals surface area contributed by atoms with E-state index in [9.17, 15) is 18.0 Å². The summed E-state index contributed by atoms with van der Waals surface area (Å²) in [6.45, 7) is 4.11. The molecule has 1 aliphatic carbocycles. The fourth-order valence-electron chi connectivity index (χ4n) is 2.92. The van der Waals surface area contributed by atoms with Crippen molar-refractivity contribution in [3.05, 3.63) is 0 Å². The van der Waals surface area contributed by atoms with Crippen LogP contribution in [0.4, 0.5) is 0 Å². The molecule has 0 radical (unpaired) electrons. The van der Waals surface area contributed by atoms with Gasteiger partial charge in [-0.15, -0.1) is 0 Å². The molecule has 0 aromatic carbocycles. The predicted octanol–water partition coefficient (Wildman–Crippen LogP) is -0.00970. The Labute approximate surface area is 112 Å². The van der Waals surface area contributed by atoms with Crippen LogP contribution in [0.15, 0.2) is 0 Å². The highest BCUT2D eigenvalue weighted by atomic mass is 32.2. The summed E-state index contributed by atoms with van der Waals surface area (Å²) in [5.41, 5.74) is -0.534. The van der Waals surface area contributed by atoms with E-state index in [0.717, 1.165) is 0 Å². The number of carbonyl (C=O) groups excluding carboxylic acids is 1. The van der Waals surface area contributed by atoms with Gasteiger partial charge in [0.05, 0.1) is 23.3 Å². The van der Waals surface area contributed by atoms with E-state index in [2.05, 4.69) is 0 Å². The van der Waals surface area contributed by atoms with Crippen molar-refractivity contribution in [2.24, 2.45) is 17.3 Å². The second-order valence-corrected chi connectivity index (χ2v) is 8.25. The third kappa shape index (κ3) is 2.61. The molecule has 0 aromatic heterocycles. The van der Waals surface area contributed by atoms with Crippen molar-refractivity contribution < 1.29 is 23.1 Å². The van der Waals surface area contributed by atoms with Gasteiger partial charge in [-0.3, -0.25) is 9.59 Å². The Morgan fingerprint density at radius 2 is 1.79 bits per heavy atom. The minimum absolute atomic E-state index is 0.0242. The van der Waals surface area contributed by atoms with Crippen molar-refractivity contribution in [3.8, 4) is 0 Å². The van der Waals surface area contributed by atoms with Crippen molar-refractivity contribution in [1.82, 2.24) is 4.90 Å². The molecule has 0 aromatic rings. The highest BCUT2D eigenvalue weighted by Crippen LogP contribution is 2.59. The standard InChI is InChI=1S/C12H19NO5S/c1-12(2)8(9(12)11(15)16)10(14)13-4-3-6-19(17,18)7-5-13/h8-9H,3-7H2,1-2H3,(H,15,16). The summed E-state index contributed by atoms with van der Waals surface area (Å²) in [5, 5.41) is 9.08. The van der Waals surface area contributed by atoms with Crippen LogP contribution in [0.2, 0.25) is 0 Å². The van der Waals surface area contributed by atoms with Crippen LogP contribution in [0.5, 0.6) is 0 Å². The number of carboxylic acids is 1. The van der Waals surface area contributed by atoms with Crippen molar-refractivity contribution in [2.75, 3.05) is 24.6 Å². The van der Waals surface area contributed by atoms with Crippen LogP contribution in [-0.2, 0) is 19.4 Å². The van der Waals surface area contributed by atoms with Gasteiger partial charge in [-0.05, 0) is 11.8 Å². The minimum atomic E-state index is -3.06. The fraction of sp³-hybridized carbons (Fsp3) is 0.833. The zero-order valence-corrected chi connectivity index (χ0v) is 11.9. The molecule has 1 amide bonds. The first-order chi connectivity index (χ1) is 8.67. The quantitative estimate of drug-likeness (QED) is 0.772. The summed E-state index contributed by atoms with van der Waals surface area (Å²) in [4.78, 5) is 24.9. The monoisotopic (exact) mass is 289 g/mol. The number of hydrogen-bond donors (Lipinski definition) is 1. The molecule has 7 heteroatoms. The van der Waals surface area contributed by atoms with Gasteiger partial charge in [-0.25, -0.2) is 8.42 Å². The molecule has 108 valence electrons. The van der Waals surface area contributed by atoms with Crippen LogP contribution >= 0.6 is 0 Å². The van der Waals surface area contributed by atoms with E-state index in [1.165, 1.54) is 4.90 Å². The van der Waals surface area contributed by atoms with Gasteiger partial charge < -0.3 is 10.0 Å². The SMILES string of the molecule is CC1(C)C(C(=O)O)C1C(=O)N1CCCS(=O)(=O)CC1. The van der Waals surface area contributed by atoms with Crippen LogP contribution in [0.25, 0.3) is 0 Å². The van der Waals surface area contributed by atoms with E-state index in [-0.39, 0.29) is 24.0 Å². The maximum atomic E-state index is 12.3. The number of carbonyl (C=O) groups is 2. The molecular weight excluding hydrogens is 270 g/mol. The number of aliphatic carboxylic acids is 1. The van der Waals surface area contributed by atoms with E-state index in [4.69, 9.17) is 5.11 Å². The van der Waals surface area contributed by atoms with E-state index in [1.54, 1.807) is 13.8 Å². The van der Waals surface area contributed by atoms with Gasteiger partial charge in [0.15, 0.2) is 9.84 Å². The normalized spacial score (nSPS) is 32.4. The third-order valence-corrected chi connectivity index (χ3v) is 5.94. The van der Waals surface area contributed by atoms with Crippen molar-refractivity contribution in [3.63, 3.8) is 0 Å². The van der Waals surface area contributed by atoms with Crippen molar-refractivity contribution in [1.29, 1.82) is 0 Å². The Balaban J connectivity index is 2.07. The number of amides is 1. The van der Waals surface area contributed by atoms with Gasteiger partial charge in [-0.1, -0.05) is 13.8 Å². The zero-order valence-electron chi connectivity index (χ0n) is 11.1. The molecule has 1 saturated heterocycles.